The molecule has 1 unspecified atom stereocenters. The quantitative estimate of drug-likeness (QED) is 0.675. The molecule has 0 aromatic rings. The van der Waals surface area contributed by atoms with Gasteiger partial charge in [-0.3, -0.25) is 4.79 Å². The summed E-state index contributed by atoms with van der Waals surface area (Å²) < 4.78 is 12.5. The van der Waals surface area contributed by atoms with Crippen LogP contribution in [-0.4, -0.2) is 17.4 Å². The van der Waals surface area contributed by atoms with Crippen LogP contribution < -0.4 is 0 Å². The third-order valence-electron chi connectivity index (χ3n) is 5.48. The maximum Gasteiger partial charge on any atom is 0.314 e. The Morgan fingerprint density at radius 3 is 2.05 bits per heavy atom. The standard InChI is InChI=1S/C17H28O3/c1-13(2)14-15(18)19-17(11-7-4-8-12-17)20-16(14)9-5-3-6-10-16/h13-14H,3-12H2,1-2H3. The molecule has 3 rings (SSSR count). The molecule has 2 spiro atoms. The van der Waals surface area contributed by atoms with E-state index in [-0.39, 0.29) is 17.5 Å². The predicted octanol–water partition coefficient (Wildman–Crippen LogP) is 4.20. The second-order valence-corrected chi connectivity index (χ2v) is 7.34. The first-order valence-electron chi connectivity index (χ1n) is 8.50. The summed E-state index contributed by atoms with van der Waals surface area (Å²) in [5.41, 5.74) is -0.237. The van der Waals surface area contributed by atoms with Gasteiger partial charge in [0.2, 0.25) is 5.79 Å². The third kappa shape index (κ3) is 2.38. The normalized spacial score (nSPS) is 32.5. The van der Waals surface area contributed by atoms with Crippen LogP contribution in [0.25, 0.3) is 0 Å². The van der Waals surface area contributed by atoms with E-state index >= 15 is 0 Å². The van der Waals surface area contributed by atoms with Crippen LogP contribution in [0.3, 0.4) is 0 Å². The highest BCUT2D eigenvalue weighted by Gasteiger charge is 2.57. The van der Waals surface area contributed by atoms with Gasteiger partial charge in [0.1, 0.15) is 0 Å². The number of ether oxygens (including phenoxy) is 2. The van der Waals surface area contributed by atoms with Crippen molar-refractivity contribution in [2.45, 2.75) is 89.4 Å². The number of esters is 1. The Bertz CT molecular complexity index is 362. The van der Waals surface area contributed by atoms with Crippen molar-refractivity contribution in [1.82, 2.24) is 0 Å². The van der Waals surface area contributed by atoms with E-state index in [9.17, 15) is 4.79 Å². The first kappa shape index (κ1) is 14.4. The van der Waals surface area contributed by atoms with Crippen LogP contribution in [0, 0.1) is 11.8 Å². The summed E-state index contributed by atoms with van der Waals surface area (Å²) in [5.74, 6) is -0.357. The molecule has 1 atom stereocenters. The van der Waals surface area contributed by atoms with Crippen molar-refractivity contribution in [2.75, 3.05) is 0 Å². The molecule has 114 valence electrons. The molecule has 3 nitrogen and oxygen atoms in total. The van der Waals surface area contributed by atoms with Gasteiger partial charge in [0.25, 0.3) is 0 Å². The molecule has 3 heteroatoms. The van der Waals surface area contributed by atoms with E-state index in [1.807, 2.05) is 0 Å². The van der Waals surface area contributed by atoms with Crippen molar-refractivity contribution in [3.05, 3.63) is 0 Å². The molecule has 0 bridgehead atoms. The fourth-order valence-electron chi connectivity index (χ4n) is 4.65. The monoisotopic (exact) mass is 280 g/mol. The number of carbonyl (C=O) groups is 1. The van der Waals surface area contributed by atoms with Crippen LogP contribution >= 0.6 is 0 Å². The molecule has 0 aromatic heterocycles. The van der Waals surface area contributed by atoms with E-state index in [0.717, 1.165) is 38.5 Å². The second-order valence-electron chi connectivity index (χ2n) is 7.34. The van der Waals surface area contributed by atoms with Crippen LogP contribution in [0.2, 0.25) is 0 Å². The molecule has 1 heterocycles. The van der Waals surface area contributed by atoms with Gasteiger partial charge in [-0.25, -0.2) is 0 Å². The lowest BCUT2D eigenvalue weighted by molar-refractivity contribution is -0.338. The Morgan fingerprint density at radius 2 is 1.50 bits per heavy atom. The minimum absolute atomic E-state index is 0.00931. The minimum atomic E-state index is -0.585. The van der Waals surface area contributed by atoms with Gasteiger partial charge in [0.05, 0.1) is 11.5 Å². The zero-order valence-electron chi connectivity index (χ0n) is 13.0. The highest BCUT2D eigenvalue weighted by molar-refractivity contribution is 5.75. The van der Waals surface area contributed by atoms with Gasteiger partial charge in [-0.1, -0.05) is 39.5 Å². The summed E-state index contributed by atoms with van der Waals surface area (Å²) in [4.78, 5) is 12.7. The summed E-state index contributed by atoms with van der Waals surface area (Å²) in [6.45, 7) is 4.26. The molecule has 2 aliphatic carbocycles. The van der Waals surface area contributed by atoms with Gasteiger partial charge in [-0.05, 0) is 31.6 Å². The topological polar surface area (TPSA) is 35.5 Å². The first-order chi connectivity index (χ1) is 9.57. The number of rotatable bonds is 1. The van der Waals surface area contributed by atoms with E-state index in [1.165, 1.54) is 25.7 Å². The van der Waals surface area contributed by atoms with Crippen LogP contribution in [0.15, 0.2) is 0 Å². The molecule has 3 aliphatic rings. The molecule has 1 aliphatic heterocycles. The number of carbonyl (C=O) groups excluding carboxylic acids is 1. The summed E-state index contributed by atoms with van der Waals surface area (Å²) in [6.07, 6.45) is 11.0. The molecule has 20 heavy (non-hydrogen) atoms. The molecule has 1 saturated heterocycles. The highest BCUT2D eigenvalue weighted by atomic mass is 16.7. The van der Waals surface area contributed by atoms with Crippen molar-refractivity contribution < 1.29 is 14.3 Å². The van der Waals surface area contributed by atoms with Crippen LogP contribution in [0.4, 0.5) is 0 Å². The van der Waals surface area contributed by atoms with Gasteiger partial charge >= 0.3 is 5.97 Å². The zero-order chi connectivity index (χ0) is 14.2. The maximum absolute atomic E-state index is 12.7. The van der Waals surface area contributed by atoms with E-state index in [0.29, 0.717) is 5.92 Å². The van der Waals surface area contributed by atoms with Gasteiger partial charge in [-0.2, -0.15) is 0 Å². The smallest absolute Gasteiger partial charge is 0.314 e. The van der Waals surface area contributed by atoms with Crippen molar-refractivity contribution in [2.24, 2.45) is 11.8 Å². The molecule has 0 aromatic carbocycles. The number of hydrogen-bond donors (Lipinski definition) is 0. The lowest BCUT2D eigenvalue weighted by Gasteiger charge is -2.54. The fraction of sp³-hybridized carbons (Fsp3) is 0.941. The lowest BCUT2D eigenvalue weighted by Crippen LogP contribution is -2.61. The molecule has 0 amide bonds. The van der Waals surface area contributed by atoms with Crippen molar-refractivity contribution in [3.8, 4) is 0 Å². The van der Waals surface area contributed by atoms with Gasteiger partial charge < -0.3 is 9.47 Å². The van der Waals surface area contributed by atoms with E-state index in [4.69, 9.17) is 9.47 Å². The van der Waals surface area contributed by atoms with Gasteiger partial charge in [0.15, 0.2) is 0 Å². The Hall–Kier alpha value is -0.570. The predicted molar refractivity (Wildman–Crippen MR) is 77.1 cm³/mol. The largest absolute Gasteiger partial charge is 0.433 e. The van der Waals surface area contributed by atoms with E-state index in [1.54, 1.807) is 0 Å². The molecule has 2 saturated carbocycles. The molecule has 3 fully saturated rings. The summed E-state index contributed by atoms with van der Waals surface area (Å²) in [7, 11) is 0. The third-order valence-corrected chi connectivity index (χ3v) is 5.48. The zero-order valence-corrected chi connectivity index (χ0v) is 13.0. The van der Waals surface area contributed by atoms with Crippen molar-refractivity contribution in [3.63, 3.8) is 0 Å². The molecular weight excluding hydrogens is 252 g/mol. The van der Waals surface area contributed by atoms with Gasteiger partial charge in [0, 0.05) is 12.8 Å². The lowest BCUT2D eigenvalue weighted by atomic mass is 9.69. The van der Waals surface area contributed by atoms with Crippen LogP contribution in [0.1, 0.15) is 78.1 Å². The Kier molecular flexibility index (Phi) is 3.83. The average Bonchev–Trinajstić information content (AvgIpc) is 2.38. The fourth-order valence-corrected chi connectivity index (χ4v) is 4.65. The molecular formula is C17H28O3. The summed E-state index contributed by atoms with van der Waals surface area (Å²) in [5, 5.41) is 0. The van der Waals surface area contributed by atoms with Crippen LogP contribution in [0.5, 0.6) is 0 Å². The Balaban J connectivity index is 1.90. The highest BCUT2D eigenvalue weighted by Crippen LogP contribution is 2.51. The number of hydrogen-bond acceptors (Lipinski definition) is 3. The second kappa shape index (κ2) is 5.32. The van der Waals surface area contributed by atoms with E-state index < -0.39 is 5.79 Å². The summed E-state index contributed by atoms with van der Waals surface area (Å²) >= 11 is 0. The minimum Gasteiger partial charge on any atom is -0.433 e. The Morgan fingerprint density at radius 1 is 0.950 bits per heavy atom. The maximum atomic E-state index is 12.7. The van der Waals surface area contributed by atoms with Crippen molar-refractivity contribution >= 4 is 5.97 Å². The molecule has 0 N–H and O–H groups in total. The van der Waals surface area contributed by atoms with Crippen molar-refractivity contribution in [1.29, 1.82) is 0 Å². The van der Waals surface area contributed by atoms with Gasteiger partial charge in [-0.15, -0.1) is 0 Å². The van der Waals surface area contributed by atoms with Crippen LogP contribution in [-0.2, 0) is 14.3 Å². The average molecular weight is 280 g/mol. The van der Waals surface area contributed by atoms with E-state index in [2.05, 4.69) is 13.8 Å². The summed E-state index contributed by atoms with van der Waals surface area (Å²) in [6, 6.07) is 0. The SMILES string of the molecule is CC(C)C1C(=O)OC2(CCCCC2)OC12CCCCC2. The Labute approximate surface area is 122 Å². The molecule has 0 radical (unpaired) electrons. The first-order valence-corrected chi connectivity index (χ1v) is 8.50.